The molecule has 1 aromatic heterocycles. The molecule has 0 atom stereocenters. The van der Waals surface area contributed by atoms with Gasteiger partial charge >= 0.3 is 0 Å². The highest BCUT2D eigenvalue weighted by molar-refractivity contribution is 6.43. The maximum Gasteiger partial charge on any atom is 0.246 e. The Hall–Kier alpha value is -1.55. The highest BCUT2D eigenvalue weighted by atomic mass is 35.5. The minimum atomic E-state index is 0.324. The molecular weight excluding hydrogens is 319 g/mol. The molecule has 0 N–H and O–H groups in total. The van der Waals surface area contributed by atoms with Gasteiger partial charge < -0.3 is 4.74 Å². The second-order valence-electron chi connectivity index (χ2n) is 4.00. The third kappa shape index (κ3) is 2.40. The Morgan fingerprint density at radius 2 is 1.55 bits per heavy atom. The summed E-state index contributed by atoms with van der Waals surface area (Å²) in [6.45, 7) is 0. The smallest absolute Gasteiger partial charge is 0.246 e. The van der Waals surface area contributed by atoms with Gasteiger partial charge in [-0.15, -0.1) is 10.2 Å². The average molecular weight is 326 g/mol. The number of hydrogen-bond acceptors (Lipinski definition) is 3. The van der Waals surface area contributed by atoms with Gasteiger partial charge in [-0.05, 0) is 18.2 Å². The van der Waals surface area contributed by atoms with E-state index >= 15 is 0 Å². The van der Waals surface area contributed by atoms with E-state index in [1.54, 1.807) is 18.2 Å². The Kier molecular flexibility index (Phi) is 3.66. The molecule has 2 aromatic carbocycles. The molecule has 100 valence electrons. The van der Waals surface area contributed by atoms with E-state index in [9.17, 15) is 0 Å². The van der Waals surface area contributed by atoms with Crippen molar-refractivity contribution in [2.24, 2.45) is 0 Å². The minimum Gasteiger partial charge on any atom is -0.435 e. The van der Waals surface area contributed by atoms with Gasteiger partial charge in [-0.3, -0.25) is 0 Å². The average Bonchev–Trinajstić information content (AvgIpc) is 2.47. The van der Waals surface area contributed by atoms with Crippen LogP contribution in [0.1, 0.15) is 0 Å². The van der Waals surface area contributed by atoms with Crippen LogP contribution in [-0.4, -0.2) is 10.2 Å². The molecular formula is C14H7Cl3N2O. The molecule has 0 saturated carbocycles. The van der Waals surface area contributed by atoms with Gasteiger partial charge in [-0.25, -0.2) is 0 Å². The minimum absolute atomic E-state index is 0.324. The first-order chi connectivity index (χ1) is 9.66. The summed E-state index contributed by atoms with van der Waals surface area (Å²) in [5.74, 6) is 0.745. The molecule has 3 nitrogen and oxygen atoms in total. The van der Waals surface area contributed by atoms with E-state index < -0.39 is 0 Å². The maximum absolute atomic E-state index is 6.09. The summed E-state index contributed by atoms with van der Waals surface area (Å²) in [6.07, 6.45) is 0. The number of fused-ring (bicyclic) bond motifs is 1. The lowest BCUT2D eigenvalue weighted by molar-refractivity contribution is 0.462. The fourth-order valence-electron chi connectivity index (χ4n) is 1.79. The third-order valence-electron chi connectivity index (χ3n) is 2.73. The molecule has 0 amide bonds. The summed E-state index contributed by atoms with van der Waals surface area (Å²) in [5.41, 5.74) is 0. The molecule has 0 bridgehead atoms. The SMILES string of the molecule is Clc1cccc(Oc2nnc(Cl)c3ccccc23)c1Cl. The molecule has 0 saturated heterocycles. The van der Waals surface area contributed by atoms with Crippen molar-refractivity contribution in [1.29, 1.82) is 0 Å². The molecule has 20 heavy (non-hydrogen) atoms. The normalized spacial score (nSPS) is 10.8. The van der Waals surface area contributed by atoms with Gasteiger partial charge in [0, 0.05) is 10.8 Å². The highest BCUT2D eigenvalue weighted by Crippen LogP contribution is 2.36. The molecule has 0 spiro atoms. The van der Waals surface area contributed by atoms with Crippen molar-refractivity contribution in [2.45, 2.75) is 0 Å². The Morgan fingerprint density at radius 1 is 0.800 bits per heavy atom. The topological polar surface area (TPSA) is 35.0 Å². The first-order valence-electron chi connectivity index (χ1n) is 5.69. The maximum atomic E-state index is 6.09. The zero-order valence-corrected chi connectivity index (χ0v) is 12.2. The van der Waals surface area contributed by atoms with E-state index in [1.807, 2.05) is 24.3 Å². The van der Waals surface area contributed by atoms with E-state index in [0.717, 1.165) is 10.8 Å². The van der Waals surface area contributed by atoms with Crippen LogP contribution < -0.4 is 4.74 Å². The second-order valence-corrected chi connectivity index (χ2v) is 5.14. The Bertz CT molecular complexity index is 792. The summed E-state index contributed by atoms with van der Waals surface area (Å²) in [4.78, 5) is 0. The number of ether oxygens (including phenoxy) is 1. The number of hydrogen-bond donors (Lipinski definition) is 0. The Morgan fingerprint density at radius 3 is 2.35 bits per heavy atom. The number of benzene rings is 2. The fourth-order valence-corrected chi connectivity index (χ4v) is 2.32. The molecule has 0 aliphatic heterocycles. The third-order valence-corrected chi connectivity index (χ3v) is 3.81. The van der Waals surface area contributed by atoms with Crippen LogP contribution in [0.2, 0.25) is 15.2 Å². The molecule has 0 radical (unpaired) electrons. The number of nitrogens with zero attached hydrogens (tertiary/aromatic N) is 2. The van der Waals surface area contributed by atoms with E-state index in [0.29, 0.717) is 26.8 Å². The molecule has 0 aliphatic rings. The number of halogens is 3. The van der Waals surface area contributed by atoms with Crippen LogP contribution in [-0.2, 0) is 0 Å². The van der Waals surface area contributed by atoms with E-state index in [2.05, 4.69) is 10.2 Å². The molecule has 3 aromatic rings. The zero-order valence-electron chi connectivity index (χ0n) is 9.98. The van der Waals surface area contributed by atoms with Crippen LogP contribution >= 0.6 is 34.8 Å². The van der Waals surface area contributed by atoms with E-state index in [4.69, 9.17) is 39.5 Å². The van der Waals surface area contributed by atoms with Crippen molar-refractivity contribution >= 4 is 45.6 Å². The second kappa shape index (κ2) is 5.44. The first kappa shape index (κ1) is 13.4. The lowest BCUT2D eigenvalue weighted by Crippen LogP contribution is -1.94. The predicted octanol–water partition coefficient (Wildman–Crippen LogP) is 5.38. The van der Waals surface area contributed by atoms with Crippen molar-refractivity contribution in [3.8, 4) is 11.6 Å². The van der Waals surface area contributed by atoms with Gasteiger partial charge in [-0.2, -0.15) is 0 Å². The Labute approximate surface area is 130 Å². The molecule has 0 aliphatic carbocycles. The number of rotatable bonds is 2. The summed E-state index contributed by atoms with van der Waals surface area (Å²) in [6, 6.07) is 12.6. The lowest BCUT2D eigenvalue weighted by Gasteiger charge is -2.09. The van der Waals surface area contributed by atoms with Crippen LogP contribution in [0, 0.1) is 0 Å². The molecule has 1 heterocycles. The van der Waals surface area contributed by atoms with Crippen LogP contribution in [0.5, 0.6) is 11.6 Å². The van der Waals surface area contributed by atoms with Crippen molar-refractivity contribution in [3.05, 3.63) is 57.7 Å². The van der Waals surface area contributed by atoms with Crippen LogP contribution in [0.4, 0.5) is 0 Å². The van der Waals surface area contributed by atoms with Gasteiger partial charge in [0.25, 0.3) is 0 Å². The largest absolute Gasteiger partial charge is 0.435 e. The zero-order chi connectivity index (χ0) is 14.1. The van der Waals surface area contributed by atoms with Gasteiger partial charge in [0.05, 0.1) is 5.02 Å². The molecule has 3 rings (SSSR count). The van der Waals surface area contributed by atoms with E-state index in [-0.39, 0.29) is 0 Å². The van der Waals surface area contributed by atoms with Gasteiger partial charge in [0.15, 0.2) is 5.15 Å². The van der Waals surface area contributed by atoms with Crippen molar-refractivity contribution < 1.29 is 4.74 Å². The van der Waals surface area contributed by atoms with Gasteiger partial charge in [0.1, 0.15) is 10.8 Å². The van der Waals surface area contributed by atoms with Gasteiger partial charge in [-0.1, -0.05) is 59.1 Å². The van der Waals surface area contributed by atoms with E-state index in [1.165, 1.54) is 0 Å². The van der Waals surface area contributed by atoms with Crippen molar-refractivity contribution in [3.63, 3.8) is 0 Å². The van der Waals surface area contributed by atoms with Crippen LogP contribution in [0.15, 0.2) is 42.5 Å². The van der Waals surface area contributed by atoms with Crippen LogP contribution in [0.25, 0.3) is 10.8 Å². The lowest BCUT2D eigenvalue weighted by atomic mass is 10.2. The number of aromatic nitrogens is 2. The Balaban J connectivity index is 2.12. The monoisotopic (exact) mass is 324 g/mol. The summed E-state index contributed by atoms with van der Waals surface area (Å²) < 4.78 is 5.71. The quantitative estimate of drug-likeness (QED) is 0.634. The standard InChI is InChI=1S/C14H7Cl3N2O/c15-10-6-3-7-11(12(10)16)20-14-9-5-2-1-4-8(9)13(17)18-19-14/h1-7H. The molecule has 0 fully saturated rings. The summed E-state index contributed by atoms with van der Waals surface area (Å²) in [5, 5.41) is 10.4. The first-order valence-corrected chi connectivity index (χ1v) is 6.83. The summed E-state index contributed by atoms with van der Waals surface area (Å²) in [7, 11) is 0. The molecule has 0 unspecified atom stereocenters. The molecule has 6 heteroatoms. The van der Waals surface area contributed by atoms with Crippen molar-refractivity contribution in [2.75, 3.05) is 0 Å². The van der Waals surface area contributed by atoms with Crippen molar-refractivity contribution in [1.82, 2.24) is 10.2 Å². The summed E-state index contributed by atoms with van der Waals surface area (Å²) >= 11 is 18.1. The predicted molar refractivity (Wildman–Crippen MR) is 81.1 cm³/mol. The van der Waals surface area contributed by atoms with Gasteiger partial charge in [0.2, 0.25) is 5.88 Å². The van der Waals surface area contributed by atoms with Crippen LogP contribution in [0.3, 0.4) is 0 Å². The fraction of sp³-hybridized carbons (Fsp3) is 0. The highest BCUT2D eigenvalue weighted by Gasteiger charge is 2.12.